The van der Waals surface area contributed by atoms with Gasteiger partial charge in [0.2, 0.25) is 5.91 Å². The molecule has 1 aromatic carbocycles. The van der Waals surface area contributed by atoms with E-state index in [0.717, 1.165) is 43.7 Å². The fraction of sp³-hybridized carbons (Fsp3) is 0.667. The number of hydrogen-bond acceptors (Lipinski definition) is 4. The number of carbonyl (C=O) groups is 1. The first-order valence-corrected chi connectivity index (χ1v) is 11.3. The highest BCUT2D eigenvalue weighted by atomic mass is 35.5. The quantitative estimate of drug-likeness (QED) is 0.710. The molecular weight excluding hydrogens is 413 g/mol. The maximum atomic E-state index is 12.6. The molecule has 3 heterocycles. The molecule has 2 bridgehead atoms. The Hall–Kier alpha value is -0.460. The Balaban J connectivity index is 0.00000140. The minimum atomic E-state index is 0. The first kappa shape index (κ1) is 23.8. The summed E-state index contributed by atoms with van der Waals surface area (Å²) in [5.41, 5.74) is 3.45. The number of thioether (sulfide) groups is 1. The van der Waals surface area contributed by atoms with Crippen LogP contribution in [-0.2, 0) is 11.3 Å². The lowest BCUT2D eigenvalue weighted by Crippen LogP contribution is -2.39. The number of fused-ring (bicyclic) bond motifs is 2. The van der Waals surface area contributed by atoms with Crippen molar-refractivity contribution < 1.29 is 4.79 Å². The zero-order valence-corrected chi connectivity index (χ0v) is 19.1. The molecule has 2 unspecified atom stereocenters. The lowest BCUT2D eigenvalue weighted by Gasteiger charge is -2.28. The minimum absolute atomic E-state index is 0. The summed E-state index contributed by atoms with van der Waals surface area (Å²) in [6.45, 7) is 5.40. The van der Waals surface area contributed by atoms with Gasteiger partial charge >= 0.3 is 0 Å². The largest absolute Gasteiger partial charge is 0.326 e. The maximum Gasteiger partial charge on any atom is 0.224 e. The number of piperidine rings is 1. The smallest absolute Gasteiger partial charge is 0.224 e. The highest BCUT2D eigenvalue weighted by Gasteiger charge is 2.34. The summed E-state index contributed by atoms with van der Waals surface area (Å²) in [7, 11) is 0. The third-order valence-electron chi connectivity index (χ3n) is 6.13. The second kappa shape index (κ2) is 11.1. The first-order chi connectivity index (χ1) is 12.7. The van der Waals surface area contributed by atoms with Crippen molar-refractivity contribution in [2.45, 2.75) is 57.7 Å². The third-order valence-corrected chi connectivity index (χ3v) is 7.07. The van der Waals surface area contributed by atoms with Crippen LogP contribution in [0.5, 0.6) is 0 Å². The van der Waals surface area contributed by atoms with Crippen LogP contribution in [0.2, 0.25) is 0 Å². The van der Waals surface area contributed by atoms with Crippen LogP contribution in [0, 0.1) is 12.8 Å². The molecule has 0 aliphatic carbocycles. The van der Waals surface area contributed by atoms with Crippen molar-refractivity contribution in [2.75, 3.05) is 29.9 Å². The van der Waals surface area contributed by atoms with Crippen molar-refractivity contribution in [1.29, 1.82) is 0 Å². The molecule has 28 heavy (non-hydrogen) atoms. The van der Waals surface area contributed by atoms with Gasteiger partial charge in [-0.15, -0.1) is 24.8 Å². The normalized spacial score (nSPS) is 26.8. The number of aryl methyl sites for hydroxylation is 1. The molecule has 3 fully saturated rings. The zero-order chi connectivity index (χ0) is 17.9. The third kappa shape index (κ3) is 6.27. The topological polar surface area (TPSA) is 44.4 Å². The van der Waals surface area contributed by atoms with Crippen molar-refractivity contribution in [3.05, 3.63) is 29.3 Å². The van der Waals surface area contributed by atoms with Gasteiger partial charge in [-0.05, 0) is 55.7 Å². The minimum Gasteiger partial charge on any atom is -0.326 e. The Labute approximate surface area is 185 Å². The number of rotatable bonds is 5. The Bertz CT molecular complexity index is 643. The standard InChI is InChI=1S/C21H31N3OS.2ClH/c1-15-2-3-16(14-24-6-8-26-9-7-24)12-20(15)23-21(25)13-17-10-18-4-5-19(11-17)22-18;;/h2-3,12,17-19,22H,4-11,13-14H2,1H3,(H,23,25);2*1H. The Morgan fingerprint density at radius 1 is 1.18 bits per heavy atom. The molecule has 0 aromatic heterocycles. The predicted molar refractivity (Wildman–Crippen MR) is 124 cm³/mol. The summed E-state index contributed by atoms with van der Waals surface area (Å²) < 4.78 is 0. The summed E-state index contributed by atoms with van der Waals surface area (Å²) in [6, 6.07) is 7.84. The summed E-state index contributed by atoms with van der Waals surface area (Å²) in [6.07, 6.45) is 5.57. The van der Waals surface area contributed by atoms with Gasteiger partial charge in [-0.1, -0.05) is 12.1 Å². The van der Waals surface area contributed by atoms with Crippen molar-refractivity contribution in [3.63, 3.8) is 0 Å². The Morgan fingerprint density at radius 3 is 2.54 bits per heavy atom. The molecule has 0 spiro atoms. The molecule has 4 nitrogen and oxygen atoms in total. The highest BCUT2D eigenvalue weighted by Crippen LogP contribution is 2.33. The second-order valence-corrected chi connectivity index (χ2v) is 9.49. The van der Waals surface area contributed by atoms with Crippen molar-refractivity contribution in [3.8, 4) is 0 Å². The van der Waals surface area contributed by atoms with E-state index in [9.17, 15) is 4.79 Å². The van der Waals surface area contributed by atoms with Gasteiger partial charge in [0, 0.05) is 55.3 Å². The second-order valence-electron chi connectivity index (χ2n) is 8.27. The number of benzene rings is 1. The average Bonchev–Trinajstić information content (AvgIpc) is 2.97. The van der Waals surface area contributed by atoms with Gasteiger partial charge in [-0.25, -0.2) is 0 Å². The number of nitrogens with one attached hydrogen (secondary N) is 2. The molecule has 2 N–H and O–H groups in total. The Kier molecular flexibility index (Phi) is 9.42. The van der Waals surface area contributed by atoms with E-state index in [1.807, 2.05) is 11.8 Å². The summed E-state index contributed by atoms with van der Waals surface area (Å²) in [4.78, 5) is 15.1. The fourth-order valence-corrected chi connectivity index (χ4v) is 5.70. The molecule has 1 amide bonds. The monoisotopic (exact) mass is 445 g/mol. The summed E-state index contributed by atoms with van der Waals surface area (Å²) in [5, 5.41) is 6.86. The lowest BCUT2D eigenvalue weighted by molar-refractivity contribution is -0.117. The number of nitrogens with zero attached hydrogens (tertiary/aromatic N) is 1. The van der Waals surface area contributed by atoms with Crippen LogP contribution in [0.3, 0.4) is 0 Å². The number of halogens is 2. The van der Waals surface area contributed by atoms with E-state index < -0.39 is 0 Å². The SMILES string of the molecule is Cc1ccc(CN2CCSCC2)cc1NC(=O)CC1CC2CCC(C1)N2.Cl.Cl. The molecule has 2 atom stereocenters. The molecule has 3 aliphatic rings. The van der Waals surface area contributed by atoms with E-state index in [1.54, 1.807) is 0 Å². The number of anilines is 1. The molecular formula is C21H33Cl2N3OS. The van der Waals surface area contributed by atoms with Gasteiger partial charge in [-0.2, -0.15) is 11.8 Å². The zero-order valence-electron chi connectivity index (χ0n) is 16.6. The molecule has 3 aliphatic heterocycles. The van der Waals surface area contributed by atoms with Gasteiger partial charge < -0.3 is 10.6 Å². The van der Waals surface area contributed by atoms with E-state index in [4.69, 9.17) is 0 Å². The van der Waals surface area contributed by atoms with Crippen LogP contribution in [0.1, 0.15) is 43.2 Å². The van der Waals surface area contributed by atoms with Crippen LogP contribution in [0.15, 0.2) is 18.2 Å². The van der Waals surface area contributed by atoms with Gasteiger partial charge in [0.15, 0.2) is 0 Å². The number of hydrogen-bond donors (Lipinski definition) is 2. The molecule has 1 aromatic rings. The summed E-state index contributed by atoms with van der Waals surface area (Å²) in [5.74, 6) is 3.19. The van der Waals surface area contributed by atoms with E-state index >= 15 is 0 Å². The molecule has 7 heteroatoms. The van der Waals surface area contributed by atoms with Crippen LogP contribution in [0.25, 0.3) is 0 Å². The average molecular weight is 446 g/mol. The van der Waals surface area contributed by atoms with Gasteiger partial charge in [0.1, 0.15) is 0 Å². The first-order valence-electron chi connectivity index (χ1n) is 10.1. The van der Waals surface area contributed by atoms with E-state index in [-0.39, 0.29) is 30.7 Å². The van der Waals surface area contributed by atoms with E-state index in [2.05, 4.69) is 40.7 Å². The van der Waals surface area contributed by atoms with Gasteiger partial charge in [0.05, 0.1) is 0 Å². The van der Waals surface area contributed by atoms with Crippen LogP contribution in [0.4, 0.5) is 5.69 Å². The molecule has 158 valence electrons. The van der Waals surface area contributed by atoms with Gasteiger partial charge in [0.25, 0.3) is 0 Å². The predicted octanol–water partition coefficient (Wildman–Crippen LogP) is 4.25. The Morgan fingerprint density at radius 2 is 1.86 bits per heavy atom. The van der Waals surface area contributed by atoms with E-state index in [0.29, 0.717) is 24.4 Å². The van der Waals surface area contributed by atoms with Crippen LogP contribution < -0.4 is 10.6 Å². The maximum absolute atomic E-state index is 12.6. The van der Waals surface area contributed by atoms with E-state index in [1.165, 1.54) is 29.9 Å². The highest BCUT2D eigenvalue weighted by molar-refractivity contribution is 7.99. The fourth-order valence-electron chi connectivity index (χ4n) is 4.72. The van der Waals surface area contributed by atoms with Crippen LogP contribution >= 0.6 is 36.6 Å². The molecule has 4 rings (SSSR count). The molecule has 0 saturated carbocycles. The van der Waals surface area contributed by atoms with Crippen molar-refractivity contribution in [1.82, 2.24) is 10.2 Å². The number of carbonyl (C=O) groups excluding carboxylic acids is 1. The molecule has 0 radical (unpaired) electrons. The van der Waals surface area contributed by atoms with Crippen LogP contribution in [-0.4, -0.2) is 47.5 Å². The van der Waals surface area contributed by atoms with Gasteiger partial charge in [-0.3, -0.25) is 9.69 Å². The summed E-state index contributed by atoms with van der Waals surface area (Å²) >= 11 is 2.04. The van der Waals surface area contributed by atoms with Crippen molar-refractivity contribution >= 4 is 48.2 Å². The lowest BCUT2D eigenvalue weighted by atomic mass is 9.89. The number of amides is 1. The van der Waals surface area contributed by atoms with Crippen molar-refractivity contribution in [2.24, 2.45) is 5.92 Å². The molecule has 3 saturated heterocycles.